The van der Waals surface area contributed by atoms with Crippen molar-refractivity contribution >= 4 is 91.6 Å². The highest BCUT2D eigenvalue weighted by molar-refractivity contribution is 8.29. The number of anilines is 2. The Morgan fingerprint density at radius 3 is 1.55 bits per heavy atom. The van der Waals surface area contributed by atoms with E-state index in [0.717, 1.165) is 23.5 Å². The monoisotopic (exact) mass is 586 g/mol. The molecular formula is C24H22N6O4S4. The molecule has 0 spiro atoms. The number of carbonyl (C=O) groups is 4. The van der Waals surface area contributed by atoms with Crippen molar-refractivity contribution in [2.75, 3.05) is 23.7 Å². The molecule has 196 valence electrons. The summed E-state index contributed by atoms with van der Waals surface area (Å²) >= 11 is 12.9. The van der Waals surface area contributed by atoms with Crippen LogP contribution in [-0.4, -0.2) is 65.1 Å². The molecule has 0 saturated carbocycles. The molecule has 2 aromatic heterocycles. The fraction of sp³-hybridized carbons (Fsp3) is 0.250. The van der Waals surface area contributed by atoms with Crippen LogP contribution in [0.5, 0.6) is 0 Å². The number of thiocarbonyl (C=S) groups is 2. The Bertz CT molecular complexity index is 1210. The van der Waals surface area contributed by atoms with E-state index in [-0.39, 0.29) is 59.4 Å². The van der Waals surface area contributed by atoms with Crippen LogP contribution in [0, 0.1) is 0 Å². The largest absolute Gasteiger partial charge is 0.325 e. The summed E-state index contributed by atoms with van der Waals surface area (Å²) in [6, 6.07) is 6.92. The number of rotatable bonds is 10. The van der Waals surface area contributed by atoms with Gasteiger partial charge in [0.05, 0.1) is 33.6 Å². The van der Waals surface area contributed by atoms with E-state index in [9.17, 15) is 19.2 Å². The standard InChI is InChI=1S/C24H22N6O4S4/c31-17(27-15-5-1-9-25-13-15)7-3-11-29-21(33)19(37-23(29)35)20-22(34)30(24(36)38-20)12-4-8-18(32)28-16-6-2-10-26-14-16/h1-2,5-6,9-10,13-14H,3-4,7-8,11-12H2,(H,27,31)(H,28,32). The van der Waals surface area contributed by atoms with E-state index in [1.165, 1.54) is 9.80 Å². The van der Waals surface area contributed by atoms with E-state index in [4.69, 9.17) is 24.4 Å². The van der Waals surface area contributed by atoms with Crippen molar-refractivity contribution in [3.05, 3.63) is 58.9 Å². The van der Waals surface area contributed by atoms with Crippen LogP contribution in [0.1, 0.15) is 25.7 Å². The molecule has 4 heterocycles. The predicted molar refractivity (Wildman–Crippen MR) is 155 cm³/mol. The van der Waals surface area contributed by atoms with Crippen LogP contribution in [-0.2, 0) is 19.2 Å². The third-order valence-corrected chi connectivity index (χ3v) is 8.39. The number of amides is 4. The maximum absolute atomic E-state index is 13.1. The zero-order valence-corrected chi connectivity index (χ0v) is 23.2. The van der Waals surface area contributed by atoms with Gasteiger partial charge in [-0.15, -0.1) is 0 Å². The van der Waals surface area contributed by atoms with Gasteiger partial charge in [-0.05, 0) is 37.1 Å². The van der Waals surface area contributed by atoms with Crippen molar-refractivity contribution in [1.82, 2.24) is 19.8 Å². The highest BCUT2D eigenvalue weighted by Gasteiger charge is 2.41. The molecule has 38 heavy (non-hydrogen) atoms. The topological polar surface area (TPSA) is 125 Å². The highest BCUT2D eigenvalue weighted by atomic mass is 32.2. The molecule has 0 aromatic carbocycles. The second kappa shape index (κ2) is 13.0. The number of thioether (sulfide) groups is 2. The molecule has 2 N–H and O–H groups in total. The lowest BCUT2D eigenvalue weighted by molar-refractivity contribution is -0.124. The van der Waals surface area contributed by atoms with Crippen molar-refractivity contribution < 1.29 is 19.2 Å². The zero-order valence-electron chi connectivity index (χ0n) is 19.9. The summed E-state index contributed by atoms with van der Waals surface area (Å²) < 4.78 is 0.657. The SMILES string of the molecule is O=C(CCCN1C(=O)C(=C2SC(=S)N(CCCC(=O)Nc3cccnc3)C2=O)SC1=S)Nc1cccnc1. The summed E-state index contributed by atoms with van der Waals surface area (Å²) in [5.41, 5.74) is 1.19. The van der Waals surface area contributed by atoms with Gasteiger partial charge in [0.25, 0.3) is 11.8 Å². The number of nitrogens with one attached hydrogen (secondary N) is 2. The van der Waals surface area contributed by atoms with Crippen molar-refractivity contribution in [3.63, 3.8) is 0 Å². The minimum atomic E-state index is -0.371. The summed E-state index contributed by atoms with van der Waals surface area (Å²) in [5, 5.41) is 5.49. The summed E-state index contributed by atoms with van der Waals surface area (Å²) in [6.07, 6.45) is 7.50. The van der Waals surface area contributed by atoms with Crippen LogP contribution in [0.4, 0.5) is 11.4 Å². The Kier molecular flexibility index (Phi) is 9.55. The first kappa shape index (κ1) is 27.8. The van der Waals surface area contributed by atoms with Gasteiger partial charge in [-0.2, -0.15) is 0 Å². The van der Waals surface area contributed by atoms with Crippen LogP contribution in [0.3, 0.4) is 0 Å². The molecule has 2 saturated heterocycles. The fourth-order valence-electron chi connectivity index (χ4n) is 3.57. The van der Waals surface area contributed by atoms with Crippen LogP contribution >= 0.6 is 48.0 Å². The molecule has 0 radical (unpaired) electrons. The Morgan fingerprint density at radius 2 is 1.18 bits per heavy atom. The third-order valence-electron chi connectivity index (χ3n) is 5.37. The van der Waals surface area contributed by atoms with Gasteiger partial charge in [0.2, 0.25) is 11.8 Å². The first-order valence-corrected chi connectivity index (χ1v) is 14.0. The van der Waals surface area contributed by atoms with Crippen molar-refractivity contribution in [3.8, 4) is 0 Å². The van der Waals surface area contributed by atoms with Gasteiger partial charge in [-0.25, -0.2) is 0 Å². The summed E-state index contributed by atoms with van der Waals surface area (Å²) in [5.74, 6) is -1.13. The van der Waals surface area contributed by atoms with Gasteiger partial charge < -0.3 is 10.6 Å². The van der Waals surface area contributed by atoms with E-state index in [0.29, 0.717) is 32.9 Å². The lowest BCUT2D eigenvalue weighted by Crippen LogP contribution is -2.31. The van der Waals surface area contributed by atoms with Crippen LogP contribution in [0.25, 0.3) is 0 Å². The Morgan fingerprint density at radius 1 is 0.763 bits per heavy atom. The molecule has 2 fully saturated rings. The molecule has 4 amide bonds. The lowest BCUT2D eigenvalue weighted by atomic mass is 10.2. The van der Waals surface area contributed by atoms with Gasteiger partial charge in [0, 0.05) is 38.3 Å². The predicted octanol–water partition coefficient (Wildman–Crippen LogP) is 3.55. The average molecular weight is 587 g/mol. The first-order chi connectivity index (χ1) is 18.3. The molecule has 2 aromatic rings. The van der Waals surface area contributed by atoms with E-state index in [2.05, 4.69) is 20.6 Å². The minimum absolute atomic E-state index is 0.192. The number of hydrogen-bond acceptors (Lipinski definition) is 10. The number of aromatic nitrogens is 2. The molecule has 0 aliphatic carbocycles. The lowest BCUT2D eigenvalue weighted by Gasteiger charge is -2.14. The van der Waals surface area contributed by atoms with Crippen LogP contribution in [0.15, 0.2) is 58.9 Å². The molecule has 4 rings (SSSR count). The minimum Gasteiger partial charge on any atom is -0.325 e. The molecule has 2 aliphatic heterocycles. The molecule has 2 aliphatic rings. The molecule has 0 atom stereocenters. The number of pyridine rings is 2. The number of nitrogens with zero attached hydrogens (tertiary/aromatic N) is 4. The quantitative estimate of drug-likeness (QED) is 0.316. The van der Waals surface area contributed by atoms with Gasteiger partial charge >= 0.3 is 0 Å². The van der Waals surface area contributed by atoms with E-state index in [1.807, 2.05) is 0 Å². The molecular weight excluding hydrogens is 565 g/mol. The van der Waals surface area contributed by atoms with Gasteiger partial charge in [-0.3, -0.25) is 38.9 Å². The van der Waals surface area contributed by atoms with Crippen LogP contribution < -0.4 is 10.6 Å². The maximum atomic E-state index is 13.1. The third kappa shape index (κ3) is 7.01. The zero-order chi connectivity index (χ0) is 27.1. The van der Waals surface area contributed by atoms with E-state index < -0.39 is 0 Å². The summed E-state index contributed by atoms with van der Waals surface area (Å²) in [4.78, 5) is 61.7. The van der Waals surface area contributed by atoms with E-state index >= 15 is 0 Å². The Labute approximate surface area is 238 Å². The van der Waals surface area contributed by atoms with E-state index in [1.54, 1.807) is 49.1 Å². The second-order valence-electron chi connectivity index (χ2n) is 8.09. The number of hydrogen-bond donors (Lipinski definition) is 2. The van der Waals surface area contributed by atoms with Crippen LogP contribution in [0.2, 0.25) is 0 Å². The molecule has 0 unspecified atom stereocenters. The van der Waals surface area contributed by atoms with Gasteiger partial charge in [-0.1, -0.05) is 48.0 Å². The normalized spacial score (nSPS) is 17.4. The van der Waals surface area contributed by atoms with Gasteiger partial charge in [0.1, 0.15) is 8.64 Å². The maximum Gasteiger partial charge on any atom is 0.267 e. The average Bonchev–Trinajstić information content (AvgIpc) is 3.34. The first-order valence-electron chi connectivity index (χ1n) is 11.5. The summed E-state index contributed by atoms with van der Waals surface area (Å²) in [6.45, 7) is 0.502. The van der Waals surface area contributed by atoms with Crippen molar-refractivity contribution in [1.29, 1.82) is 0 Å². The Hall–Kier alpha value is -3.20. The Balaban J connectivity index is 1.28. The molecule has 10 nitrogen and oxygen atoms in total. The fourth-order valence-corrected chi connectivity index (χ4v) is 6.34. The van der Waals surface area contributed by atoms with Crippen molar-refractivity contribution in [2.45, 2.75) is 25.7 Å². The highest BCUT2D eigenvalue weighted by Crippen LogP contribution is 2.42. The smallest absolute Gasteiger partial charge is 0.267 e. The van der Waals surface area contributed by atoms with Crippen molar-refractivity contribution in [2.24, 2.45) is 0 Å². The summed E-state index contributed by atoms with van der Waals surface area (Å²) in [7, 11) is 0. The molecule has 14 heteroatoms. The second-order valence-corrected chi connectivity index (χ2v) is 11.4. The molecule has 0 bridgehead atoms. The number of carbonyl (C=O) groups excluding carboxylic acids is 4. The van der Waals surface area contributed by atoms with Gasteiger partial charge in [0.15, 0.2) is 0 Å².